The Hall–Kier alpha value is -2.40. The Kier molecular flexibility index (Phi) is 5.49. The van der Waals surface area contributed by atoms with Gasteiger partial charge in [-0.25, -0.2) is 4.39 Å². The van der Waals surface area contributed by atoms with Crippen molar-refractivity contribution in [2.24, 2.45) is 5.73 Å². The lowest BCUT2D eigenvalue weighted by molar-refractivity contribution is -0.119. The molecule has 0 aliphatic heterocycles. The van der Waals surface area contributed by atoms with Gasteiger partial charge in [0.1, 0.15) is 18.2 Å². The number of benzene rings is 2. The van der Waals surface area contributed by atoms with Crippen molar-refractivity contribution >= 4 is 5.91 Å². The third-order valence-electron chi connectivity index (χ3n) is 3.26. The molecule has 0 bridgehead atoms. The maximum Gasteiger partial charge on any atom is 0.234 e. The minimum atomic E-state index is -0.375. The van der Waals surface area contributed by atoms with Gasteiger partial charge in [-0.2, -0.15) is 0 Å². The molecule has 1 atom stereocenters. The van der Waals surface area contributed by atoms with Gasteiger partial charge in [-0.1, -0.05) is 30.3 Å². The summed E-state index contributed by atoms with van der Waals surface area (Å²) in [6, 6.07) is 13.5. The summed E-state index contributed by atoms with van der Waals surface area (Å²) in [5, 5.41) is 3.03. The van der Waals surface area contributed by atoms with Gasteiger partial charge in [0, 0.05) is 12.6 Å². The predicted octanol–water partition coefficient (Wildman–Crippen LogP) is 2.37. The molecule has 22 heavy (non-hydrogen) atoms. The fourth-order valence-electron chi connectivity index (χ4n) is 1.85. The van der Waals surface area contributed by atoms with Crippen LogP contribution in [0.1, 0.15) is 18.1 Å². The van der Waals surface area contributed by atoms with Crippen molar-refractivity contribution in [2.45, 2.75) is 26.1 Å². The van der Waals surface area contributed by atoms with Crippen LogP contribution in [0.4, 0.5) is 4.39 Å². The highest BCUT2D eigenvalue weighted by molar-refractivity contribution is 5.79. The lowest BCUT2D eigenvalue weighted by atomic mass is 10.1. The van der Waals surface area contributed by atoms with Gasteiger partial charge in [-0.3, -0.25) is 4.79 Å². The number of amides is 1. The topological polar surface area (TPSA) is 64.3 Å². The van der Waals surface area contributed by atoms with E-state index in [9.17, 15) is 9.18 Å². The van der Waals surface area contributed by atoms with E-state index in [1.807, 2.05) is 24.3 Å². The van der Waals surface area contributed by atoms with Crippen LogP contribution in [0.15, 0.2) is 48.5 Å². The van der Waals surface area contributed by atoms with E-state index in [1.54, 1.807) is 19.1 Å². The van der Waals surface area contributed by atoms with E-state index in [4.69, 9.17) is 10.5 Å². The van der Waals surface area contributed by atoms with Crippen LogP contribution >= 0.6 is 0 Å². The van der Waals surface area contributed by atoms with Crippen LogP contribution in [-0.4, -0.2) is 11.9 Å². The number of primary amides is 1. The largest absolute Gasteiger partial charge is 0.489 e. The smallest absolute Gasteiger partial charge is 0.234 e. The second kappa shape index (κ2) is 7.56. The molecule has 0 aliphatic carbocycles. The number of hydrogen-bond donors (Lipinski definition) is 2. The Morgan fingerprint density at radius 3 is 2.55 bits per heavy atom. The fourth-order valence-corrected chi connectivity index (χ4v) is 1.85. The normalized spacial score (nSPS) is 11.9. The summed E-state index contributed by atoms with van der Waals surface area (Å²) in [6.45, 7) is 2.66. The number of ether oxygens (including phenoxy) is 1. The molecule has 0 aromatic heterocycles. The third kappa shape index (κ3) is 4.86. The highest BCUT2D eigenvalue weighted by Gasteiger charge is 2.06. The SMILES string of the molecule is C[C@@H](NCc1ccc(COc2cccc(F)c2)cc1)C(N)=O. The van der Waals surface area contributed by atoms with Crippen molar-refractivity contribution < 1.29 is 13.9 Å². The molecule has 0 fully saturated rings. The van der Waals surface area contributed by atoms with Crippen LogP contribution in [0.2, 0.25) is 0 Å². The fraction of sp³-hybridized carbons (Fsp3) is 0.235. The predicted molar refractivity (Wildman–Crippen MR) is 82.7 cm³/mol. The van der Waals surface area contributed by atoms with Gasteiger partial charge in [0.2, 0.25) is 5.91 Å². The molecule has 0 unspecified atom stereocenters. The number of carbonyl (C=O) groups is 1. The second-order valence-corrected chi connectivity index (χ2v) is 5.07. The number of halogens is 1. The molecule has 0 radical (unpaired) electrons. The maximum absolute atomic E-state index is 13.0. The Bertz CT molecular complexity index is 629. The molecule has 0 heterocycles. The average Bonchev–Trinajstić information content (AvgIpc) is 2.51. The first kappa shape index (κ1) is 16.0. The van der Waals surface area contributed by atoms with E-state index < -0.39 is 0 Å². The molecule has 4 nitrogen and oxygen atoms in total. The summed E-state index contributed by atoms with van der Waals surface area (Å²) in [5.74, 6) is -0.191. The summed E-state index contributed by atoms with van der Waals surface area (Å²) in [7, 11) is 0. The van der Waals surface area contributed by atoms with E-state index in [0.717, 1.165) is 11.1 Å². The standard InChI is InChI=1S/C17H19FN2O2/c1-12(17(19)21)20-10-13-5-7-14(8-6-13)11-22-16-4-2-3-15(18)9-16/h2-9,12,20H,10-11H2,1H3,(H2,19,21)/t12-/m1/s1. The second-order valence-electron chi connectivity index (χ2n) is 5.07. The highest BCUT2D eigenvalue weighted by atomic mass is 19.1. The van der Waals surface area contributed by atoms with Crippen molar-refractivity contribution in [1.82, 2.24) is 5.32 Å². The summed E-state index contributed by atoms with van der Waals surface area (Å²) in [4.78, 5) is 10.9. The first-order valence-electron chi connectivity index (χ1n) is 7.03. The monoisotopic (exact) mass is 302 g/mol. The van der Waals surface area contributed by atoms with E-state index in [-0.39, 0.29) is 17.8 Å². The number of carbonyl (C=O) groups excluding carboxylic acids is 1. The Labute approximate surface area is 129 Å². The molecule has 0 aliphatic rings. The number of rotatable bonds is 7. The van der Waals surface area contributed by atoms with Gasteiger partial charge in [-0.15, -0.1) is 0 Å². The van der Waals surface area contributed by atoms with Crippen LogP contribution < -0.4 is 15.8 Å². The molecule has 0 saturated heterocycles. The van der Waals surface area contributed by atoms with Crippen molar-refractivity contribution in [1.29, 1.82) is 0 Å². The van der Waals surface area contributed by atoms with Crippen LogP contribution in [0.25, 0.3) is 0 Å². The molecule has 2 rings (SSSR count). The first-order chi connectivity index (χ1) is 10.5. The molecular weight excluding hydrogens is 283 g/mol. The number of nitrogens with one attached hydrogen (secondary N) is 1. The first-order valence-corrected chi connectivity index (χ1v) is 7.03. The molecule has 2 aromatic carbocycles. The molecule has 3 N–H and O–H groups in total. The van der Waals surface area contributed by atoms with E-state index >= 15 is 0 Å². The van der Waals surface area contributed by atoms with E-state index in [0.29, 0.717) is 18.9 Å². The summed E-state index contributed by atoms with van der Waals surface area (Å²) < 4.78 is 18.6. The number of hydrogen-bond acceptors (Lipinski definition) is 3. The molecular formula is C17H19FN2O2. The zero-order valence-corrected chi connectivity index (χ0v) is 12.4. The summed E-state index contributed by atoms with van der Waals surface area (Å²) in [6.07, 6.45) is 0. The Morgan fingerprint density at radius 1 is 1.23 bits per heavy atom. The summed E-state index contributed by atoms with van der Waals surface area (Å²) >= 11 is 0. The van der Waals surface area contributed by atoms with Crippen molar-refractivity contribution in [3.05, 3.63) is 65.5 Å². The van der Waals surface area contributed by atoms with Crippen LogP contribution in [0.5, 0.6) is 5.75 Å². The third-order valence-corrected chi connectivity index (χ3v) is 3.26. The van der Waals surface area contributed by atoms with Crippen molar-refractivity contribution in [3.63, 3.8) is 0 Å². The molecule has 0 spiro atoms. The van der Waals surface area contributed by atoms with E-state index in [1.165, 1.54) is 12.1 Å². The van der Waals surface area contributed by atoms with Gasteiger partial charge in [-0.05, 0) is 30.2 Å². The van der Waals surface area contributed by atoms with Gasteiger partial charge < -0.3 is 15.8 Å². The average molecular weight is 302 g/mol. The number of nitrogens with two attached hydrogens (primary N) is 1. The maximum atomic E-state index is 13.0. The molecule has 5 heteroatoms. The minimum absolute atomic E-state index is 0.317. The minimum Gasteiger partial charge on any atom is -0.489 e. The Morgan fingerprint density at radius 2 is 1.91 bits per heavy atom. The molecule has 0 saturated carbocycles. The summed E-state index contributed by atoms with van der Waals surface area (Å²) in [5.41, 5.74) is 7.21. The zero-order valence-electron chi connectivity index (χ0n) is 12.4. The highest BCUT2D eigenvalue weighted by Crippen LogP contribution is 2.14. The lowest BCUT2D eigenvalue weighted by Gasteiger charge is -2.11. The van der Waals surface area contributed by atoms with Gasteiger partial charge in [0.15, 0.2) is 0 Å². The van der Waals surface area contributed by atoms with E-state index in [2.05, 4.69) is 5.32 Å². The van der Waals surface area contributed by atoms with Crippen LogP contribution in [0.3, 0.4) is 0 Å². The van der Waals surface area contributed by atoms with Gasteiger partial charge in [0.25, 0.3) is 0 Å². The van der Waals surface area contributed by atoms with Crippen molar-refractivity contribution in [3.8, 4) is 5.75 Å². The van der Waals surface area contributed by atoms with Gasteiger partial charge in [0.05, 0.1) is 6.04 Å². The van der Waals surface area contributed by atoms with Gasteiger partial charge >= 0.3 is 0 Å². The van der Waals surface area contributed by atoms with Crippen molar-refractivity contribution in [2.75, 3.05) is 0 Å². The quantitative estimate of drug-likeness (QED) is 0.825. The molecule has 2 aromatic rings. The lowest BCUT2D eigenvalue weighted by Crippen LogP contribution is -2.38. The Balaban J connectivity index is 1.85. The zero-order chi connectivity index (χ0) is 15.9. The molecule has 116 valence electrons. The van der Waals surface area contributed by atoms with Crippen LogP contribution in [0, 0.1) is 5.82 Å². The van der Waals surface area contributed by atoms with Crippen LogP contribution in [-0.2, 0) is 17.9 Å². The molecule has 1 amide bonds.